The zero-order chi connectivity index (χ0) is 15.5. The van der Waals surface area contributed by atoms with Crippen molar-refractivity contribution in [3.8, 4) is 0 Å². The van der Waals surface area contributed by atoms with Crippen LogP contribution in [0.15, 0.2) is 29.3 Å². The summed E-state index contributed by atoms with van der Waals surface area (Å²) in [5.74, 6) is 1.37. The normalized spacial score (nSPS) is 11.2. The molecular formula is C16H27ClIN3O. The van der Waals surface area contributed by atoms with Gasteiger partial charge in [-0.2, -0.15) is 0 Å². The summed E-state index contributed by atoms with van der Waals surface area (Å²) in [6.45, 7) is 10.0. The Morgan fingerprint density at radius 1 is 1.23 bits per heavy atom. The van der Waals surface area contributed by atoms with Crippen molar-refractivity contribution >= 4 is 41.5 Å². The molecular weight excluding hydrogens is 413 g/mol. The minimum atomic E-state index is 0. The highest BCUT2D eigenvalue weighted by Gasteiger charge is 1.98. The SMILES string of the molecule is CCNC(=NCc1ccc(Cl)cc1)NCCOCC(C)C.I. The first kappa shape index (κ1) is 21.5. The second-order valence-corrected chi connectivity index (χ2v) is 5.65. The first-order valence-corrected chi connectivity index (χ1v) is 7.84. The molecule has 0 saturated heterocycles. The third-order valence-electron chi connectivity index (χ3n) is 2.67. The van der Waals surface area contributed by atoms with Gasteiger partial charge in [-0.15, -0.1) is 24.0 Å². The van der Waals surface area contributed by atoms with Crippen LogP contribution < -0.4 is 10.6 Å². The van der Waals surface area contributed by atoms with Crippen molar-refractivity contribution in [3.05, 3.63) is 34.9 Å². The van der Waals surface area contributed by atoms with Crippen molar-refractivity contribution in [2.75, 3.05) is 26.3 Å². The van der Waals surface area contributed by atoms with Gasteiger partial charge in [-0.3, -0.25) is 0 Å². The van der Waals surface area contributed by atoms with E-state index in [1.807, 2.05) is 24.3 Å². The number of hydrogen-bond donors (Lipinski definition) is 2. The zero-order valence-electron chi connectivity index (χ0n) is 13.6. The highest BCUT2D eigenvalue weighted by molar-refractivity contribution is 14.0. The molecule has 1 rings (SSSR count). The number of nitrogens with one attached hydrogen (secondary N) is 2. The number of aliphatic imine (C=N–C) groups is 1. The molecule has 0 saturated carbocycles. The number of halogens is 2. The Kier molecular flexibility index (Phi) is 12.6. The van der Waals surface area contributed by atoms with Crippen molar-refractivity contribution in [2.24, 2.45) is 10.9 Å². The van der Waals surface area contributed by atoms with Gasteiger partial charge < -0.3 is 15.4 Å². The van der Waals surface area contributed by atoms with Gasteiger partial charge in [0.15, 0.2) is 5.96 Å². The van der Waals surface area contributed by atoms with E-state index in [0.717, 1.165) is 36.2 Å². The fourth-order valence-electron chi connectivity index (χ4n) is 1.66. The number of nitrogens with zero attached hydrogens (tertiary/aromatic N) is 1. The third kappa shape index (κ3) is 10.2. The number of rotatable bonds is 8. The van der Waals surface area contributed by atoms with E-state index in [1.165, 1.54) is 0 Å². The molecule has 0 aromatic heterocycles. The van der Waals surface area contributed by atoms with Gasteiger partial charge in [0.1, 0.15) is 0 Å². The Bertz CT molecular complexity index is 424. The summed E-state index contributed by atoms with van der Waals surface area (Å²) >= 11 is 5.87. The van der Waals surface area contributed by atoms with Crippen LogP contribution in [0.25, 0.3) is 0 Å². The molecule has 0 bridgehead atoms. The van der Waals surface area contributed by atoms with Crippen LogP contribution in [0.4, 0.5) is 0 Å². The zero-order valence-corrected chi connectivity index (χ0v) is 16.7. The lowest BCUT2D eigenvalue weighted by molar-refractivity contribution is 0.114. The van der Waals surface area contributed by atoms with Gasteiger partial charge in [-0.25, -0.2) is 4.99 Å². The highest BCUT2D eigenvalue weighted by Crippen LogP contribution is 2.09. The maximum atomic E-state index is 5.87. The predicted octanol–water partition coefficient (Wildman–Crippen LogP) is 3.69. The quantitative estimate of drug-likeness (QED) is 0.281. The molecule has 0 heterocycles. The summed E-state index contributed by atoms with van der Waals surface area (Å²) in [7, 11) is 0. The van der Waals surface area contributed by atoms with Gasteiger partial charge in [-0.05, 0) is 30.5 Å². The molecule has 22 heavy (non-hydrogen) atoms. The standard InChI is InChI=1S/C16H26ClN3O.HI/c1-4-18-16(19-9-10-21-12-13(2)3)20-11-14-5-7-15(17)8-6-14;/h5-8,13H,4,9-12H2,1-3H3,(H2,18,19,20);1H. The molecule has 0 aliphatic carbocycles. The van der Waals surface area contributed by atoms with Crippen molar-refractivity contribution < 1.29 is 4.74 Å². The minimum Gasteiger partial charge on any atom is -0.379 e. The van der Waals surface area contributed by atoms with Crippen molar-refractivity contribution in [2.45, 2.75) is 27.3 Å². The maximum absolute atomic E-state index is 5.87. The van der Waals surface area contributed by atoms with Crippen molar-refractivity contribution in [1.29, 1.82) is 0 Å². The fourth-order valence-corrected chi connectivity index (χ4v) is 1.79. The van der Waals surface area contributed by atoms with Crippen LogP contribution in [0.5, 0.6) is 0 Å². The average molecular weight is 440 g/mol. The molecule has 1 aromatic carbocycles. The van der Waals surface area contributed by atoms with Crippen LogP contribution in [0.2, 0.25) is 5.02 Å². The highest BCUT2D eigenvalue weighted by atomic mass is 127. The number of guanidine groups is 1. The van der Waals surface area contributed by atoms with E-state index in [2.05, 4.69) is 36.4 Å². The lowest BCUT2D eigenvalue weighted by Crippen LogP contribution is -2.39. The number of hydrogen-bond acceptors (Lipinski definition) is 2. The molecule has 0 atom stereocenters. The Morgan fingerprint density at radius 2 is 1.91 bits per heavy atom. The Hall–Kier alpha value is -0.530. The molecule has 0 aliphatic heterocycles. The average Bonchev–Trinajstić information content (AvgIpc) is 2.45. The fraction of sp³-hybridized carbons (Fsp3) is 0.562. The molecule has 0 aliphatic rings. The van der Waals surface area contributed by atoms with Gasteiger partial charge >= 0.3 is 0 Å². The molecule has 126 valence electrons. The Labute approximate surface area is 156 Å². The van der Waals surface area contributed by atoms with Gasteiger partial charge in [0.25, 0.3) is 0 Å². The number of benzene rings is 1. The van der Waals surface area contributed by atoms with E-state index < -0.39 is 0 Å². The lowest BCUT2D eigenvalue weighted by Gasteiger charge is -2.12. The molecule has 0 spiro atoms. The molecule has 0 fully saturated rings. The number of ether oxygens (including phenoxy) is 1. The minimum absolute atomic E-state index is 0. The summed E-state index contributed by atoms with van der Waals surface area (Å²) in [6.07, 6.45) is 0. The maximum Gasteiger partial charge on any atom is 0.191 e. The van der Waals surface area contributed by atoms with Gasteiger partial charge in [0.2, 0.25) is 0 Å². The van der Waals surface area contributed by atoms with E-state index in [0.29, 0.717) is 19.1 Å². The summed E-state index contributed by atoms with van der Waals surface area (Å²) in [5.41, 5.74) is 1.13. The van der Waals surface area contributed by atoms with Crippen LogP contribution in [-0.4, -0.2) is 32.3 Å². The van der Waals surface area contributed by atoms with E-state index in [9.17, 15) is 0 Å². The smallest absolute Gasteiger partial charge is 0.191 e. The van der Waals surface area contributed by atoms with E-state index in [4.69, 9.17) is 16.3 Å². The van der Waals surface area contributed by atoms with Crippen LogP contribution in [0.1, 0.15) is 26.3 Å². The molecule has 1 aromatic rings. The second kappa shape index (κ2) is 13.0. The van der Waals surface area contributed by atoms with E-state index in [1.54, 1.807) is 0 Å². The van der Waals surface area contributed by atoms with E-state index >= 15 is 0 Å². The molecule has 6 heteroatoms. The van der Waals surface area contributed by atoms with Crippen LogP contribution in [0.3, 0.4) is 0 Å². The largest absolute Gasteiger partial charge is 0.379 e. The predicted molar refractivity (Wildman–Crippen MR) is 105 cm³/mol. The first-order chi connectivity index (χ1) is 10.1. The molecule has 0 unspecified atom stereocenters. The molecule has 0 amide bonds. The van der Waals surface area contributed by atoms with Crippen molar-refractivity contribution in [1.82, 2.24) is 10.6 Å². The summed E-state index contributed by atoms with van der Waals surface area (Å²) in [4.78, 5) is 4.54. The topological polar surface area (TPSA) is 45.7 Å². The second-order valence-electron chi connectivity index (χ2n) is 5.22. The van der Waals surface area contributed by atoms with Crippen LogP contribution >= 0.6 is 35.6 Å². The lowest BCUT2D eigenvalue weighted by atomic mass is 10.2. The Balaban J connectivity index is 0.00000441. The van der Waals surface area contributed by atoms with Crippen LogP contribution in [-0.2, 0) is 11.3 Å². The Morgan fingerprint density at radius 3 is 2.50 bits per heavy atom. The molecule has 4 nitrogen and oxygen atoms in total. The summed E-state index contributed by atoms with van der Waals surface area (Å²) < 4.78 is 5.54. The van der Waals surface area contributed by atoms with Crippen molar-refractivity contribution in [3.63, 3.8) is 0 Å². The summed E-state index contributed by atoms with van der Waals surface area (Å²) in [6, 6.07) is 7.74. The third-order valence-corrected chi connectivity index (χ3v) is 2.92. The summed E-state index contributed by atoms with van der Waals surface area (Å²) in [5, 5.41) is 7.23. The monoisotopic (exact) mass is 439 g/mol. The van der Waals surface area contributed by atoms with Crippen LogP contribution in [0, 0.1) is 5.92 Å². The first-order valence-electron chi connectivity index (χ1n) is 7.46. The van der Waals surface area contributed by atoms with Gasteiger partial charge in [0, 0.05) is 24.7 Å². The van der Waals surface area contributed by atoms with Gasteiger partial charge in [0.05, 0.1) is 13.2 Å². The van der Waals surface area contributed by atoms with E-state index in [-0.39, 0.29) is 24.0 Å². The molecule has 0 radical (unpaired) electrons. The molecule has 2 N–H and O–H groups in total. The van der Waals surface area contributed by atoms with Gasteiger partial charge in [-0.1, -0.05) is 37.6 Å².